The Morgan fingerprint density at radius 2 is 1.80 bits per heavy atom. The molecule has 0 aliphatic carbocycles. The first-order valence-corrected chi connectivity index (χ1v) is 11.3. The van der Waals surface area contributed by atoms with Gasteiger partial charge in [-0.25, -0.2) is 9.07 Å². The van der Waals surface area contributed by atoms with Crippen molar-refractivity contribution in [1.29, 1.82) is 0 Å². The molecule has 176 valence electrons. The Bertz CT molecular complexity index is 1370. The second kappa shape index (κ2) is 9.80. The normalized spacial score (nSPS) is 14.7. The molecule has 1 aromatic heterocycles. The van der Waals surface area contributed by atoms with Gasteiger partial charge in [0.25, 0.3) is 5.91 Å². The van der Waals surface area contributed by atoms with E-state index in [1.54, 1.807) is 22.9 Å². The number of hydrogen-bond donors (Lipinski definition) is 2. The molecule has 1 aliphatic heterocycles. The number of nitrogens with zero attached hydrogens (tertiary/aromatic N) is 3. The van der Waals surface area contributed by atoms with Crippen molar-refractivity contribution in [3.8, 4) is 5.75 Å². The largest absolute Gasteiger partial charge is 0.489 e. The van der Waals surface area contributed by atoms with E-state index in [4.69, 9.17) is 4.74 Å². The van der Waals surface area contributed by atoms with Gasteiger partial charge in [0, 0.05) is 17.8 Å². The van der Waals surface area contributed by atoms with Crippen LogP contribution in [0.3, 0.4) is 0 Å². The Morgan fingerprint density at radius 1 is 1.06 bits per heavy atom. The summed E-state index contributed by atoms with van der Waals surface area (Å²) in [7, 11) is 0. The number of hydrogen-bond acceptors (Lipinski definition) is 5. The second-order valence-electron chi connectivity index (χ2n) is 8.21. The fourth-order valence-corrected chi connectivity index (χ4v) is 4.09. The van der Waals surface area contributed by atoms with Crippen LogP contribution in [-0.2, 0) is 17.9 Å². The molecule has 2 N–H and O–H groups in total. The molecule has 5 rings (SSSR count). The summed E-state index contributed by atoms with van der Waals surface area (Å²) < 4.78 is 21.4. The quantitative estimate of drug-likeness (QED) is 0.413. The highest BCUT2D eigenvalue weighted by Gasteiger charge is 2.33. The number of carbonyl (C=O) groups excluding carboxylic acids is 1. The number of rotatable bonds is 7. The van der Waals surface area contributed by atoms with Crippen molar-refractivity contribution in [2.75, 3.05) is 5.32 Å². The number of halogens is 1. The SMILES string of the molecule is CC1=C(C(=O)NCc2ccccc2)[C@@H](c2ccc(OCc3ccccc3F)cc2)n2ncnc2N1. The fourth-order valence-electron chi connectivity index (χ4n) is 4.09. The van der Waals surface area contributed by atoms with E-state index in [0.29, 0.717) is 35.1 Å². The molecular weight excluding hydrogens is 445 g/mol. The second-order valence-corrected chi connectivity index (χ2v) is 8.21. The van der Waals surface area contributed by atoms with Crippen LogP contribution >= 0.6 is 0 Å². The molecule has 0 spiro atoms. The van der Waals surface area contributed by atoms with Gasteiger partial charge >= 0.3 is 0 Å². The Labute approximate surface area is 202 Å². The zero-order chi connectivity index (χ0) is 24.2. The van der Waals surface area contributed by atoms with Gasteiger partial charge in [-0.15, -0.1) is 0 Å². The molecule has 0 saturated heterocycles. The molecule has 2 heterocycles. The molecule has 1 aliphatic rings. The Hall–Kier alpha value is -4.46. The van der Waals surface area contributed by atoms with Gasteiger partial charge in [0.15, 0.2) is 0 Å². The molecule has 0 bridgehead atoms. The monoisotopic (exact) mass is 469 g/mol. The van der Waals surface area contributed by atoms with Crippen LogP contribution in [-0.4, -0.2) is 20.7 Å². The number of benzene rings is 3. The third-order valence-corrected chi connectivity index (χ3v) is 5.88. The molecule has 8 heteroatoms. The van der Waals surface area contributed by atoms with Gasteiger partial charge in [-0.3, -0.25) is 4.79 Å². The average molecular weight is 470 g/mol. The predicted molar refractivity (Wildman–Crippen MR) is 130 cm³/mol. The van der Waals surface area contributed by atoms with E-state index < -0.39 is 6.04 Å². The summed E-state index contributed by atoms with van der Waals surface area (Å²) in [6.45, 7) is 2.39. The molecule has 0 radical (unpaired) electrons. The lowest BCUT2D eigenvalue weighted by molar-refractivity contribution is -0.118. The van der Waals surface area contributed by atoms with Gasteiger partial charge in [0.2, 0.25) is 5.95 Å². The number of fused-ring (bicyclic) bond motifs is 1. The first kappa shape index (κ1) is 22.3. The van der Waals surface area contributed by atoms with Crippen LogP contribution in [0.25, 0.3) is 0 Å². The van der Waals surface area contributed by atoms with E-state index in [0.717, 1.165) is 11.1 Å². The van der Waals surface area contributed by atoms with Crippen LogP contribution in [0.2, 0.25) is 0 Å². The number of aromatic nitrogens is 3. The van der Waals surface area contributed by atoms with Crippen molar-refractivity contribution in [3.05, 3.63) is 119 Å². The minimum atomic E-state index is -0.467. The van der Waals surface area contributed by atoms with Crippen molar-refractivity contribution < 1.29 is 13.9 Å². The maximum Gasteiger partial charge on any atom is 0.251 e. The smallest absolute Gasteiger partial charge is 0.251 e. The summed E-state index contributed by atoms with van der Waals surface area (Å²) in [6.07, 6.45) is 1.46. The fraction of sp³-hybridized carbons (Fsp3) is 0.148. The van der Waals surface area contributed by atoms with Gasteiger partial charge in [-0.05, 0) is 36.2 Å². The van der Waals surface area contributed by atoms with Gasteiger partial charge < -0.3 is 15.4 Å². The highest BCUT2D eigenvalue weighted by molar-refractivity contribution is 5.96. The minimum absolute atomic E-state index is 0.124. The lowest BCUT2D eigenvalue weighted by Crippen LogP contribution is -2.34. The Balaban J connectivity index is 1.38. The lowest BCUT2D eigenvalue weighted by Gasteiger charge is -2.28. The third kappa shape index (κ3) is 4.77. The molecule has 7 nitrogen and oxygen atoms in total. The average Bonchev–Trinajstić information content (AvgIpc) is 3.35. The van der Waals surface area contributed by atoms with Crippen molar-refractivity contribution in [2.45, 2.75) is 26.1 Å². The molecular formula is C27H24FN5O2. The maximum atomic E-state index is 13.9. The van der Waals surface area contributed by atoms with Gasteiger partial charge in [0.1, 0.15) is 30.5 Å². The zero-order valence-corrected chi connectivity index (χ0v) is 19.1. The van der Waals surface area contributed by atoms with E-state index in [-0.39, 0.29) is 18.3 Å². The van der Waals surface area contributed by atoms with E-state index >= 15 is 0 Å². The third-order valence-electron chi connectivity index (χ3n) is 5.88. The van der Waals surface area contributed by atoms with E-state index in [2.05, 4.69) is 20.7 Å². The lowest BCUT2D eigenvalue weighted by atomic mass is 9.95. The number of nitrogens with one attached hydrogen (secondary N) is 2. The molecule has 4 aromatic rings. The van der Waals surface area contributed by atoms with Crippen LogP contribution in [0, 0.1) is 5.82 Å². The molecule has 1 amide bonds. The molecule has 1 atom stereocenters. The van der Waals surface area contributed by atoms with Crippen molar-refractivity contribution in [2.24, 2.45) is 0 Å². The van der Waals surface area contributed by atoms with Gasteiger partial charge in [-0.2, -0.15) is 10.1 Å². The summed E-state index contributed by atoms with van der Waals surface area (Å²) in [5.41, 5.74) is 3.61. The number of allylic oxidation sites excluding steroid dienone is 1. The summed E-state index contributed by atoms with van der Waals surface area (Å²) in [5.74, 6) is 0.668. The summed E-state index contributed by atoms with van der Waals surface area (Å²) in [4.78, 5) is 17.6. The Kier molecular flexibility index (Phi) is 6.26. The van der Waals surface area contributed by atoms with Crippen molar-refractivity contribution >= 4 is 11.9 Å². The maximum absolute atomic E-state index is 13.9. The molecule has 0 unspecified atom stereocenters. The molecule has 0 fully saturated rings. The van der Waals surface area contributed by atoms with Crippen LogP contribution in [0.5, 0.6) is 5.75 Å². The summed E-state index contributed by atoms with van der Waals surface area (Å²) in [6, 6.07) is 23.2. The topological polar surface area (TPSA) is 81.1 Å². The Morgan fingerprint density at radius 3 is 2.57 bits per heavy atom. The highest BCUT2D eigenvalue weighted by atomic mass is 19.1. The van der Waals surface area contributed by atoms with Crippen LogP contribution < -0.4 is 15.4 Å². The van der Waals surface area contributed by atoms with E-state index in [9.17, 15) is 9.18 Å². The summed E-state index contributed by atoms with van der Waals surface area (Å²) >= 11 is 0. The highest BCUT2D eigenvalue weighted by Crippen LogP contribution is 2.35. The van der Waals surface area contributed by atoms with Gasteiger partial charge in [-0.1, -0.05) is 60.7 Å². The van der Waals surface area contributed by atoms with Crippen molar-refractivity contribution in [1.82, 2.24) is 20.1 Å². The molecule has 35 heavy (non-hydrogen) atoms. The summed E-state index contributed by atoms with van der Waals surface area (Å²) in [5, 5.41) is 10.6. The van der Waals surface area contributed by atoms with Crippen LogP contribution in [0.15, 0.2) is 96.5 Å². The number of amides is 1. The molecule has 0 saturated carbocycles. The van der Waals surface area contributed by atoms with Crippen molar-refractivity contribution in [3.63, 3.8) is 0 Å². The van der Waals surface area contributed by atoms with Crippen LogP contribution in [0.1, 0.15) is 29.7 Å². The minimum Gasteiger partial charge on any atom is -0.489 e. The predicted octanol–water partition coefficient (Wildman–Crippen LogP) is 4.60. The molecule has 3 aromatic carbocycles. The number of anilines is 1. The van der Waals surface area contributed by atoms with Gasteiger partial charge in [0.05, 0.1) is 5.57 Å². The van der Waals surface area contributed by atoms with E-state index in [1.165, 1.54) is 12.4 Å². The number of ether oxygens (including phenoxy) is 1. The first-order valence-electron chi connectivity index (χ1n) is 11.3. The first-order chi connectivity index (χ1) is 17.1. The van der Waals surface area contributed by atoms with E-state index in [1.807, 2.05) is 61.5 Å². The van der Waals surface area contributed by atoms with Crippen LogP contribution in [0.4, 0.5) is 10.3 Å². The number of carbonyl (C=O) groups is 1. The standard InChI is InChI=1S/C27H24FN5O2/c1-18-24(26(34)29-15-19-7-3-2-4-8-19)25(33-27(32-18)30-17-31-33)20-11-13-22(14-12-20)35-16-21-9-5-6-10-23(21)28/h2-14,17,25H,15-16H2,1H3,(H,29,34)(H,30,31,32)/t25-/m1/s1. The zero-order valence-electron chi connectivity index (χ0n) is 19.1.